The Morgan fingerprint density at radius 3 is 2.61 bits per heavy atom. The van der Waals surface area contributed by atoms with Gasteiger partial charge in [-0.1, -0.05) is 32.1 Å². The molecule has 1 spiro atoms. The number of fused-ring (bicyclic) bond motifs is 1. The molecule has 0 radical (unpaired) electrons. The third-order valence-corrected chi connectivity index (χ3v) is 6.70. The van der Waals surface area contributed by atoms with E-state index in [0.29, 0.717) is 0 Å². The molecular weight excluding hydrogens is 412 g/mol. The van der Waals surface area contributed by atoms with Gasteiger partial charge in [-0.05, 0) is 75.2 Å². The number of rotatable bonds is 5. The first-order valence-electron chi connectivity index (χ1n) is 12.6. The van der Waals surface area contributed by atoms with Gasteiger partial charge in [-0.15, -0.1) is 0 Å². The second-order valence-electron chi connectivity index (χ2n) is 8.55. The average molecular weight is 453 g/mol. The zero-order valence-electron chi connectivity index (χ0n) is 20.9. The van der Waals surface area contributed by atoms with Gasteiger partial charge in [-0.3, -0.25) is 4.79 Å². The van der Waals surface area contributed by atoms with E-state index in [0.717, 1.165) is 68.9 Å². The molecule has 1 saturated heterocycles. The van der Waals surface area contributed by atoms with Crippen LogP contribution in [0.1, 0.15) is 58.9 Å². The number of benzene rings is 1. The fourth-order valence-corrected chi connectivity index (χ4v) is 4.84. The topological polar surface area (TPSA) is 50.8 Å². The highest BCUT2D eigenvalue weighted by Gasteiger charge is 2.37. The summed E-state index contributed by atoms with van der Waals surface area (Å²) in [5, 5.41) is 3.44. The largest absolute Gasteiger partial charge is 0.497 e. The summed E-state index contributed by atoms with van der Waals surface area (Å²) in [5.74, 6) is 1.90. The number of methoxy groups -OCH3 is 1. The standard InChI is InChI=1S/C26H34N2O3.C2H6/c1-4-28(5-2)25(29)20-8-6-7-19(9-10-20)23-18-26(13-15-27-16-14-26)31-24-12-11-21(30-3)17-22(23)24;1-2/h7,9-12,17-18,20,27H,4-6,8,13-16H2,1-3H3;1-2H3. The van der Waals surface area contributed by atoms with Crippen molar-refractivity contribution in [3.05, 3.63) is 53.6 Å². The quantitative estimate of drug-likeness (QED) is 0.652. The highest BCUT2D eigenvalue weighted by atomic mass is 16.5. The molecule has 1 aromatic rings. The van der Waals surface area contributed by atoms with E-state index in [1.54, 1.807) is 7.11 Å². The number of nitrogens with one attached hydrogen (secondary N) is 1. The highest BCUT2D eigenvalue weighted by Crippen LogP contribution is 2.44. The third kappa shape index (κ3) is 5.52. The molecule has 0 aromatic heterocycles. The first-order chi connectivity index (χ1) is 16.1. The van der Waals surface area contributed by atoms with E-state index in [2.05, 4.69) is 35.7 Å². The molecular formula is C28H40N2O3. The summed E-state index contributed by atoms with van der Waals surface area (Å²) in [5.41, 5.74) is 3.15. The summed E-state index contributed by atoms with van der Waals surface area (Å²) in [6.45, 7) is 11.5. The smallest absolute Gasteiger partial charge is 0.229 e. The fraction of sp³-hybridized carbons (Fsp3) is 0.536. The van der Waals surface area contributed by atoms with Gasteiger partial charge < -0.3 is 19.7 Å². The molecule has 5 nitrogen and oxygen atoms in total. The predicted octanol–water partition coefficient (Wildman–Crippen LogP) is 5.38. The van der Waals surface area contributed by atoms with Crippen molar-refractivity contribution in [2.45, 2.75) is 59.0 Å². The van der Waals surface area contributed by atoms with E-state index in [4.69, 9.17) is 9.47 Å². The van der Waals surface area contributed by atoms with E-state index in [-0.39, 0.29) is 17.4 Å². The maximum atomic E-state index is 12.9. The van der Waals surface area contributed by atoms with Crippen LogP contribution in [0, 0.1) is 5.92 Å². The van der Waals surface area contributed by atoms with Crippen LogP contribution in [0.25, 0.3) is 5.57 Å². The van der Waals surface area contributed by atoms with Crippen LogP contribution < -0.4 is 14.8 Å². The molecule has 1 atom stereocenters. The van der Waals surface area contributed by atoms with E-state index in [1.165, 1.54) is 11.1 Å². The zero-order valence-corrected chi connectivity index (χ0v) is 20.9. The van der Waals surface area contributed by atoms with Gasteiger partial charge in [0.15, 0.2) is 0 Å². The molecule has 0 bridgehead atoms. The average Bonchev–Trinajstić information content (AvgIpc) is 3.12. The van der Waals surface area contributed by atoms with Gasteiger partial charge in [0, 0.05) is 31.5 Å². The Kier molecular flexibility index (Phi) is 8.79. The molecule has 1 fully saturated rings. The monoisotopic (exact) mass is 452 g/mol. The Morgan fingerprint density at radius 2 is 1.94 bits per heavy atom. The highest BCUT2D eigenvalue weighted by molar-refractivity contribution is 5.88. The van der Waals surface area contributed by atoms with Gasteiger partial charge in [0.2, 0.25) is 5.91 Å². The Labute approximate surface area is 199 Å². The summed E-state index contributed by atoms with van der Waals surface area (Å²) in [7, 11) is 1.69. The molecule has 3 aliphatic rings. The van der Waals surface area contributed by atoms with Crippen LogP contribution in [0.5, 0.6) is 11.5 Å². The van der Waals surface area contributed by atoms with Crippen molar-refractivity contribution >= 4 is 11.5 Å². The van der Waals surface area contributed by atoms with Gasteiger partial charge in [-0.2, -0.15) is 0 Å². The minimum atomic E-state index is -0.278. The van der Waals surface area contributed by atoms with Gasteiger partial charge in [0.25, 0.3) is 0 Å². The van der Waals surface area contributed by atoms with Crippen molar-refractivity contribution in [1.29, 1.82) is 0 Å². The van der Waals surface area contributed by atoms with E-state index >= 15 is 0 Å². The molecule has 1 N–H and O–H groups in total. The van der Waals surface area contributed by atoms with Gasteiger partial charge in [0.05, 0.1) is 13.0 Å². The van der Waals surface area contributed by atoms with Gasteiger partial charge in [0.1, 0.15) is 17.1 Å². The lowest BCUT2D eigenvalue weighted by atomic mass is 9.83. The number of nitrogens with zero attached hydrogens (tertiary/aromatic N) is 1. The number of piperidine rings is 1. The molecule has 2 heterocycles. The lowest BCUT2D eigenvalue weighted by Crippen LogP contribution is -2.46. The predicted molar refractivity (Wildman–Crippen MR) is 136 cm³/mol. The molecule has 1 aliphatic carbocycles. The summed E-state index contributed by atoms with van der Waals surface area (Å²) in [6.07, 6.45) is 12.5. The molecule has 1 unspecified atom stereocenters. The summed E-state index contributed by atoms with van der Waals surface area (Å²) < 4.78 is 12.0. The van der Waals surface area contributed by atoms with E-state index in [9.17, 15) is 4.79 Å². The van der Waals surface area contributed by atoms with E-state index < -0.39 is 0 Å². The number of allylic oxidation sites excluding steroid dienone is 4. The molecule has 0 saturated carbocycles. The van der Waals surface area contributed by atoms with Crippen LogP contribution in [0.15, 0.2) is 48.1 Å². The van der Waals surface area contributed by atoms with Crippen molar-refractivity contribution in [1.82, 2.24) is 10.2 Å². The molecule has 5 heteroatoms. The lowest BCUT2D eigenvalue weighted by Gasteiger charge is -2.40. The number of hydrogen-bond acceptors (Lipinski definition) is 4. The number of amides is 1. The first kappa shape index (κ1) is 25.1. The van der Waals surface area contributed by atoms with Crippen LogP contribution in [0.3, 0.4) is 0 Å². The number of ether oxygens (including phenoxy) is 2. The lowest BCUT2D eigenvalue weighted by molar-refractivity contribution is -0.133. The molecule has 2 aliphatic heterocycles. The molecule has 180 valence electrons. The SMILES string of the molecule is CC.CCN(CC)C(=O)C1C=CC(C2=CC3(CCNCC3)Oc3ccc(OC)cc32)=CCC1. The third-order valence-electron chi connectivity index (χ3n) is 6.70. The van der Waals surface area contributed by atoms with Crippen molar-refractivity contribution in [2.75, 3.05) is 33.3 Å². The Balaban J connectivity index is 0.00000149. The summed E-state index contributed by atoms with van der Waals surface area (Å²) >= 11 is 0. The zero-order chi connectivity index (χ0) is 23.8. The fourth-order valence-electron chi connectivity index (χ4n) is 4.84. The van der Waals surface area contributed by atoms with Gasteiger partial charge >= 0.3 is 0 Å². The first-order valence-corrected chi connectivity index (χ1v) is 12.6. The molecule has 33 heavy (non-hydrogen) atoms. The minimum absolute atomic E-state index is 0.0632. The Bertz CT molecular complexity index is 906. The molecule has 1 amide bonds. The summed E-state index contributed by atoms with van der Waals surface area (Å²) in [4.78, 5) is 14.8. The van der Waals surface area contributed by atoms with Crippen LogP contribution >= 0.6 is 0 Å². The maximum absolute atomic E-state index is 12.9. The Hall–Kier alpha value is -2.53. The van der Waals surface area contributed by atoms with Crippen LogP contribution in [-0.2, 0) is 4.79 Å². The second kappa shape index (κ2) is 11.6. The normalized spacial score (nSPS) is 20.8. The van der Waals surface area contributed by atoms with Crippen LogP contribution in [0.4, 0.5) is 0 Å². The van der Waals surface area contributed by atoms with Crippen molar-refractivity contribution < 1.29 is 14.3 Å². The minimum Gasteiger partial charge on any atom is -0.497 e. The van der Waals surface area contributed by atoms with Crippen LogP contribution in [0.2, 0.25) is 0 Å². The summed E-state index contributed by atoms with van der Waals surface area (Å²) in [6, 6.07) is 6.05. The van der Waals surface area contributed by atoms with Gasteiger partial charge in [-0.25, -0.2) is 0 Å². The number of carbonyl (C=O) groups is 1. The van der Waals surface area contributed by atoms with Crippen molar-refractivity contribution in [2.24, 2.45) is 5.92 Å². The molecule has 1 aromatic carbocycles. The van der Waals surface area contributed by atoms with Crippen LogP contribution in [-0.4, -0.2) is 49.7 Å². The molecule has 4 rings (SSSR count). The Morgan fingerprint density at radius 1 is 1.21 bits per heavy atom. The van der Waals surface area contributed by atoms with Crippen molar-refractivity contribution in [3.63, 3.8) is 0 Å². The van der Waals surface area contributed by atoms with Crippen molar-refractivity contribution in [3.8, 4) is 11.5 Å². The second-order valence-corrected chi connectivity index (χ2v) is 8.55. The van der Waals surface area contributed by atoms with E-state index in [1.807, 2.05) is 44.7 Å². The maximum Gasteiger partial charge on any atom is 0.229 e. The number of carbonyl (C=O) groups excluding carboxylic acids is 1. The number of hydrogen-bond donors (Lipinski definition) is 1.